The molecule has 1 aromatic carbocycles. The second-order valence-corrected chi connectivity index (χ2v) is 3.72. The largest absolute Gasteiger partial charge is 0.267 e. The van der Waals surface area contributed by atoms with Gasteiger partial charge in [0, 0.05) is 5.02 Å². The van der Waals surface area contributed by atoms with Crippen LogP contribution in [-0.4, -0.2) is 14.8 Å². The molecular formula is C9H6Cl2FN3. The van der Waals surface area contributed by atoms with Crippen LogP contribution in [0.25, 0.3) is 5.69 Å². The number of aryl methyl sites for hydroxylation is 1. The van der Waals surface area contributed by atoms with Crippen molar-refractivity contribution in [1.29, 1.82) is 0 Å². The van der Waals surface area contributed by atoms with Gasteiger partial charge in [-0.25, -0.2) is 4.39 Å². The Morgan fingerprint density at radius 3 is 2.53 bits per heavy atom. The number of aromatic nitrogens is 3. The highest BCUT2D eigenvalue weighted by molar-refractivity contribution is 6.30. The van der Waals surface area contributed by atoms with E-state index in [1.165, 1.54) is 16.7 Å². The molecule has 0 bridgehead atoms. The van der Waals surface area contributed by atoms with E-state index >= 15 is 0 Å². The van der Waals surface area contributed by atoms with Crippen LogP contribution in [0, 0.1) is 12.7 Å². The first-order valence-electron chi connectivity index (χ1n) is 4.12. The van der Waals surface area contributed by atoms with E-state index in [-0.39, 0.29) is 11.0 Å². The lowest BCUT2D eigenvalue weighted by atomic mass is 10.3. The fourth-order valence-corrected chi connectivity index (χ4v) is 1.68. The second kappa shape index (κ2) is 3.79. The van der Waals surface area contributed by atoms with Crippen LogP contribution < -0.4 is 0 Å². The van der Waals surface area contributed by atoms with Crippen molar-refractivity contribution in [3.8, 4) is 5.69 Å². The molecule has 0 aliphatic heterocycles. The molecule has 0 fully saturated rings. The Morgan fingerprint density at radius 1 is 1.27 bits per heavy atom. The van der Waals surface area contributed by atoms with Crippen molar-refractivity contribution in [2.24, 2.45) is 0 Å². The zero-order valence-corrected chi connectivity index (χ0v) is 9.22. The van der Waals surface area contributed by atoms with Gasteiger partial charge in [0.05, 0.1) is 5.69 Å². The Hall–Kier alpha value is -1.13. The normalized spacial score (nSPS) is 10.7. The molecule has 0 saturated carbocycles. The number of benzene rings is 1. The summed E-state index contributed by atoms with van der Waals surface area (Å²) in [6.07, 6.45) is 0. The lowest BCUT2D eigenvalue weighted by Gasteiger charge is -2.06. The maximum Gasteiger partial charge on any atom is 0.229 e. The van der Waals surface area contributed by atoms with Gasteiger partial charge in [0.25, 0.3) is 0 Å². The van der Waals surface area contributed by atoms with Crippen molar-refractivity contribution in [1.82, 2.24) is 14.8 Å². The van der Waals surface area contributed by atoms with Crippen LogP contribution in [0.3, 0.4) is 0 Å². The predicted octanol–water partition coefficient (Wildman–Crippen LogP) is 3.02. The monoisotopic (exact) mass is 245 g/mol. The standard InChI is InChI=1S/C9H6Cl2FN3/c1-5-13-14-9(11)15(5)8-3-2-6(10)4-7(8)12/h2-4H,1H3. The highest BCUT2D eigenvalue weighted by Gasteiger charge is 2.12. The van der Waals surface area contributed by atoms with Crippen molar-refractivity contribution in [3.63, 3.8) is 0 Å². The van der Waals surface area contributed by atoms with Gasteiger partial charge in [-0.15, -0.1) is 10.2 Å². The molecule has 15 heavy (non-hydrogen) atoms. The summed E-state index contributed by atoms with van der Waals surface area (Å²) in [7, 11) is 0. The summed E-state index contributed by atoms with van der Waals surface area (Å²) in [5, 5.41) is 7.82. The Labute approximate surface area is 95.5 Å². The molecule has 78 valence electrons. The summed E-state index contributed by atoms with van der Waals surface area (Å²) in [5.74, 6) is 0.0496. The average Bonchev–Trinajstić information content (AvgIpc) is 2.48. The van der Waals surface area contributed by atoms with Crippen molar-refractivity contribution in [3.05, 3.63) is 40.1 Å². The molecule has 6 heteroatoms. The molecule has 1 aromatic heterocycles. The minimum Gasteiger partial charge on any atom is -0.267 e. The number of hydrogen-bond acceptors (Lipinski definition) is 2. The molecule has 3 nitrogen and oxygen atoms in total. The Balaban J connectivity index is 2.64. The van der Waals surface area contributed by atoms with E-state index in [1.807, 2.05) is 0 Å². The fraction of sp³-hybridized carbons (Fsp3) is 0.111. The van der Waals surface area contributed by atoms with E-state index in [4.69, 9.17) is 23.2 Å². The summed E-state index contributed by atoms with van der Waals surface area (Å²) in [5.41, 5.74) is 0.284. The molecule has 1 heterocycles. The van der Waals surface area contributed by atoms with E-state index in [2.05, 4.69) is 10.2 Å². The summed E-state index contributed by atoms with van der Waals surface area (Å²) in [6, 6.07) is 4.32. The van der Waals surface area contributed by atoms with Crippen molar-refractivity contribution < 1.29 is 4.39 Å². The predicted molar refractivity (Wildman–Crippen MR) is 56.1 cm³/mol. The Kier molecular flexibility index (Phi) is 2.63. The number of halogens is 3. The van der Waals surface area contributed by atoms with E-state index in [9.17, 15) is 4.39 Å². The molecule has 2 rings (SSSR count). The topological polar surface area (TPSA) is 30.7 Å². The third-order valence-electron chi connectivity index (χ3n) is 1.94. The number of rotatable bonds is 1. The van der Waals surface area contributed by atoms with Crippen LogP contribution in [0.2, 0.25) is 10.3 Å². The summed E-state index contributed by atoms with van der Waals surface area (Å²) >= 11 is 11.4. The molecule has 0 radical (unpaired) electrons. The highest BCUT2D eigenvalue weighted by atomic mass is 35.5. The molecule has 0 saturated heterocycles. The van der Waals surface area contributed by atoms with E-state index in [1.54, 1.807) is 13.0 Å². The van der Waals surface area contributed by atoms with Gasteiger partial charge in [-0.05, 0) is 36.7 Å². The summed E-state index contributed by atoms with van der Waals surface area (Å²) < 4.78 is 15.0. The molecule has 0 unspecified atom stereocenters. The van der Waals surface area contributed by atoms with E-state index < -0.39 is 5.82 Å². The smallest absolute Gasteiger partial charge is 0.229 e. The van der Waals surface area contributed by atoms with Crippen LogP contribution >= 0.6 is 23.2 Å². The minimum absolute atomic E-state index is 0.119. The molecule has 0 atom stereocenters. The Morgan fingerprint density at radius 2 is 2.00 bits per heavy atom. The van der Waals surface area contributed by atoms with Gasteiger partial charge >= 0.3 is 0 Å². The first kappa shape index (κ1) is 10.4. The Bertz CT molecular complexity index is 491. The van der Waals surface area contributed by atoms with Crippen LogP contribution in [-0.2, 0) is 0 Å². The quantitative estimate of drug-likeness (QED) is 0.774. The van der Waals surface area contributed by atoms with Gasteiger partial charge in [0.2, 0.25) is 5.28 Å². The maximum absolute atomic E-state index is 13.6. The third-order valence-corrected chi connectivity index (χ3v) is 2.42. The number of nitrogens with zero attached hydrogens (tertiary/aromatic N) is 3. The molecule has 0 amide bonds. The van der Waals surface area contributed by atoms with Gasteiger partial charge in [0.1, 0.15) is 11.6 Å². The van der Waals surface area contributed by atoms with Crippen LogP contribution in [0.15, 0.2) is 18.2 Å². The first-order chi connectivity index (χ1) is 7.09. The van der Waals surface area contributed by atoms with Crippen LogP contribution in [0.1, 0.15) is 5.82 Å². The molecule has 0 aliphatic carbocycles. The lowest BCUT2D eigenvalue weighted by Crippen LogP contribution is -2.00. The van der Waals surface area contributed by atoms with Crippen LogP contribution in [0.5, 0.6) is 0 Å². The van der Waals surface area contributed by atoms with Crippen molar-refractivity contribution in [2.45, 2.75) is 6.92 Å². The summed E-state index contributed by atoms with van der Waals surface area (Å²) in [4.78, 5) is 0. The van der Waals surface area contributed by atoms with Crippen molar-refractivity contribution in [2.75, 3.05) is 0 Å². The molecule has 0 spiro atoms. The average molecular weight is 246 g/mol. The highest BCUT2D eigenvalue weighted by Crippen LogP contribution is 2.22. The minimum atomic E-state index is -0.465. The maximum atomic E-state index is 13.6. The zero-order valence-electron chi connectivity index (χ0n) is 7.71. The molecule has 2 aromatic rings. The van der Waals surface area contributed by atoms with Gasteiger partial charge < -0.3 is 0 Å². The first-order valence-corrected chi connectivity index (χ1v) is 4.88. The molecule has 0 N–H and O–H groups in total. The molecular weight excluding hydrogens is 240 g/mol. The number of hydrogen-bond donors (Lipinski definition) is 0. The third kappa shape index (κ3) is 1.82. The zero-order chi connectivity index (χ0) is 11.0. The summed E-state index contributed by atoms with van der Waals surface area (Å²) in [6.45, 7) is 1.69. The SMILES string of the molecule is Cc1nnc(Cl)n1-c1ccc(Cl)cc1F. The molecule has 0 aliphatic rings. The van der Waals surface area contributed by atoms with Gasteiger partial charge in [-0.2, -0.15) is 0 Å². The van der Waals surface area contributed by atoms with Gasteiger partial charge in [-0.1, -0.05) is 11.6 Å². The van der Waals surface area contributed by atoms with E-state index in [0.29, 0.717) is 10.8 Å². The fourth-order valence-electron chi connectivity index (χ4n) is 1.27. The van der Waals surface area contributed by atoms with Crippen molar-refractivity contribution >= 4 is 23.2 Å². The lowest BCUT2D eigenvalue weighted by molar-refractivity contribution is 0.616. The van der Waals surface area contributed by atoms with E-state index in [0.717, 1.165) is 0 Å². The second-order valence-electron chi connectivity index (χ2n) is 2.95. The van der Waals surface area contributed by atoms with Gasteiger partial charge in [0.15, 0.2) is 0 Å². The van der Waals surface area contributed by atoms with Crippen LogP contribution in [0.4, 0.5) is 4.39 Å². The van der Waals surface area contributed by atoms with Gasteiger partial charge in [-0.3, -0.25) is 4.57 Å².